The molecular formula is C16H19N3O5. The van der Waals surface area contributed by atoms with E-state index in [1.165, 1.54) is 6.07 Å². The number of hydrogen-bond donors (Lipinski definition) is 1. The van der Waals surface area contributed by atoms with Crippen LogP contribution in [0.5, 0.6) is 5.75 Å². The lowest BCUT2D eigenvalue weighted by molar-refractivity contribution is -0.119. The summed E-state index contributed by atoms with van der Waals surface area (Å²) in [5, 5.41) is 3.85. The molecule has 24 heavy (non-hydrogen) atoms. The Balaban J connectivity index is 2.02. The molecule has 8 nitrogen and oxygen atoms in total. The molecule has 1 amide bonds. The van der Waals surface area contributed by atoms with Crippen molar-refractivity contribution in [2.75, 3.05) is 6.61 Å². The molecular weight excluding hydrogens is 314 g/mol. The fraction of sp³-hybridized carbons (Fsp3) is 0.375. The van der Waals surface area contributed by atoms with Gasteiger partial charge < -0.3 is 19.7 Å². The van der Waals surface area contributed by atoms with Crippen LogP contribution in [0.3, 0.4) is 0 Å². The summed E-state index contributed by atoms with van der Waals surface area (Å²) in [6.07, 6.45) is 0. The molecule has 2 N–H and O–H groups in total. The van der Waals surface area contributed by atoms with Crippen LogP contribution in [-0.4, -0.2) is 28.6 Å². The number of rotatable bonds is 6. The largest absolute Gasteiger partial charge is 0.483 e. The van der Waals surface area contributed by atoms with Crippen molar-refractivity contribution in [3.63, 3.8) is 0 Å². The van der Waals surface area contributed by atoms with Crippen molar-refractivity contribution in [3.05, 3.63) is 41.5 Å². The highest BCUT2D eigenvalue weighted by atomic mass is 16.6. The molecule has 0 unspecified atom stereocenters. The number of nitrogens with zero attached hydrogens (tertiary/aromatic N) is 2. The van der Waals surface area contributed by atoms with Gasteiger partial charge in [0.15, 0.2) is 19.0 Å². The van der Waals surface area contributed by atoms with E-state index in [0.717, 1.165) is 0 Å². The summed E-state index contributed by atoms with van der Waals surface area (Å²) in [4.78, 5) is 27.2. The van der Waals surface area contributed by atoms with Gasteiger partial charge in [-0.1, -0.05) is 38.1 Å². The van der Waals surface area contributed by atoms with E-state index in [1.54, 1.807) is 18.2 Å². The van der Waals surface area contributed by atoms with Crippen molar-refractivity contribution in [3.8, 4) is 5.75 Å². The van der Waals surface area contributed by atoms with Crippen molar-refractivity contribution in [2.24, 2.45) is 5.73 Å². The molecule has 0 aliphatic heterocycles. The topological polar surface area (TPSA) is 118 Å². The number of hydrogen-bond acceptors (Lipinski definition) is 7. The third-order valence-corrected chi connectivity index (χ3v) is 2.94. The van der Waals surface area contributed by atoms with Gasteiger partial charge in [0.1, 0.15) is 11.3 Å². The summed E-state index contributed by atoms with van der Waals surface area (Å²) >= 11 is 0. The van der Waals surface area contributed by atoms with Crippen LogP contribution in [0.25, 0.3) is 0 Å². The van der Waals surface area contributed by atoms with Gasteiger partial charge in [-0.3, -0.25) is 4.79 Å². The van der Waals surface area contributed by atoms with Crippen LogP contribution in [0.15, 0.2) is 28.8 Å². The van der Waals surface area contributed by atoms with Gasteiger partial charge in [0.05, 0.1) is 0 Å². The maximum Gasteiger partial charge on any atom is 0.342 e. The Bertz CT molecular complexity index is 733. The van der Waals surface area contributed by atoms with Crippen molar-refractivity contribution in [1.29, 1.82) is 0 Å². The fourth-order valence-electron chi connectivity index (χ4n) is 1.73. The lowest BCUT2D eigenvalue weighted by Gasteiger charge is -2.11. The zero-order valence-electron chi connectivity index (χ0n) is 13.7. The predicted octanol–water partition coefficient (Wildman–Crippen LogP) is 1.59. The quantitative estimate of drug-likeness (QED) is 0.797. The predicted molar refractivity (Wildman–Crippen MR) is 83.2 cm³/mol. The maximum atomic E-state index is 12.2. The molecule has 8 heteroatoms. The van der Waals surface area contributed by atoms with Gasteiger partial charge in [-0.05, 0) is 12.1 Å². The second-order valence-corrected chi connectivity index (χ2v) is 6.09. The van der Waals surface area contributed by atoms with Crippen LogP contribution >= 0.6 is 0 Å². The number of primary amides is 1. The standard InChI is InChI=1S/C16H19N3O5/c1-16(2,3)15-18-13(24-19-15)9-23-14(21)10-6-4-5-7-11(10)22-8-12(17)20/h4-7H,8-9H2,1-3H3,(H2,17,20). The van der Waals surface area contributed by atoms with Crippen molar-refractivity contribution in [1.82, 2.24) is 10.1 Å². The second kappa shape index (κ2) is 7.12. The van der Waals surface area contributed by atoms with E-state index in [4.69, 9.17) is 19.7 Å². The van der Waals surface area contributed by atoms with E-state index in [0.29, 0.717) is 5.82 Å². The minimum absolute atomic E-state index is 0.161. The Labute approximate surface area is 138 Å². The average molecular weight is 333 g/mol. The number of carbonyl (C=O) groups excluding carboxylic acids is 2. The molecule has 0 radical (unpaired) electrons. The minimum Gasteiger partial charge on any atom is -0.483 e. The van der Waals surface area contributed by atoms with Gasteiger partial charge in [0.25, 0.3) is 11.8 Å². The normalized spacial score (nSPS) is 11.1. The highest BCUT2D eigenvalue weighted by molar-refractivity contribution is 5.92. The third-order valence-electron chi connectivity index (χ3n) is 2.94. The van der Waals surface area contributed by atoms with Crippen molar-refractivity contribution in [2.45, 2.75) is 32.8 Å². The molecule has 2 rings (SSSR count). The number of benzene rings is 1. The Morgan fingerprint density at radius 2 is 1.96 bits per heavy atom. The molecule has 128 valence electrons. The van der Waals surface area contributed by atoms with Gasteiger partial charge in [-0.15, -0.1) is 0 Å². The van der Waals surface area contributed by atoms with E-state index in [2.05, 4.69) is 10.1 Å². The smallest absolute Gasteiger partial charge is 0.342 e. The zero-order valence-corrected chi connectivity index (χ0v) is 13.7. The molecule has 1 aromatic heterocycles. The fourth-order valence-corrected chi connectivity index (χ4v) is 1.73. The first-order valence-corrected chi connectivity index (χ1v) is 7.27. The zero-order chi connectivity index (χ0) is 17.7. The first-order valence-electron chi connectivity index (χ1n) is 7.27. The summed E-state index contributed by atoms with van der Waals surface area (Å²) in [5.41, 5.74) is 4.94. The van der Waals surface area contributed by atoms with Gasteiger partial charge in [0.2, 0.25) is 0 Å². The first kappa shape index (κ1) is 17.5. The van der Waals surface area contributed by atoms with E-state index in [-0.39, 0.29) is 35.8 Å². The van der Waals surface area contributed by atoms with E-state index < -0.39 is 11.9 Å². The van der Waals surface area contributed by atoms with Crippen LogP contribution in [0, 0.1) is 0 Å². The van der Waals surface area contributed by atoms with Gasteiger partial charge in [-0.25, -0.2) is 4.79 Å². The van der Waals surface area contributed by atoms with Gasteiger partial charge >= 0.3 is 5.97 Å². The minimum atomic E-state index is -0.640. The molecule has 0 spiro atoms. The van der Waals surface area contributed by atoms with Crippen LogP contribution < -0.4 is 10.5 Å². The maximum absolute atomic E-state index is 12.2. The lowest BCUT2D eigenvalue weighted by Crippen LogP contribution is -2.21. The van der Waals surface area contributed by atoms with E-state index in [9.17, 15) is 9.59 Å². The molecule has 0 fully saturated rings. The highest BCUT2D eigenvalue weighted by Crippen LogP contribution is 2.21. The molecule has 1 aromatic carbocycles. The first-order chi connectivity index (χ1) is 11.3. The molecule has 0 atom stereocenters. The molecule has 2 aromatic rings. The number of amides is 1. The Morgan fingerprint density at radius 3 is 2.58 bits per heavy atom. The number of aromatic nitrogens is 2. The Hall–Kier alpha value is -2.90. The lowest BCUT2D eigenvalue weighted by atomic mass is 9.96. The van der Waals surface area contributed by atoms with Crippen LogP contribution in [0.1, 0.15) is 42.8 Å². The van der Waals surface area contributed by atoms with Crippen LogP contribution in [0.2, 0.25) is 0 Å². The SMILES string of the molecule is CC(C)(C)c1noc(COC(=O)c2ccccc2OCC(N)=O)n1. The molecule has 0 saturated heterocycles. The Morgan fingerprint density at radius 1 is 1.25 bits per heavy atom. The summed E-state index contributed by atoms with van der Waals surface area (Å²) in [6.45, 7) is 5.34. The molecule has 0 aliphatic rings. The number of ether oxygens (including phenoxy) is 2. The summed E-state index contributed by atoms with van der Waals surface area (Å²) < 4.78 is 15.4. The van der Waals surface area contributed by atoms with Gasteiger partial charge in [-0.2, -0.15) is 4.98 Å². The molecule has 0 aliphatic carbocycles. The molecule has 0 saturated carbocycles. The average Bonchev–Trinajstić information content (AvgIpc) is 3.00. The monoisotopic (exact) mass is 333 g/mol. The summed E-state index contributed by atoms with van der Waals surface area (Å²) in [6, 6.07) is 6.38. The second-order valence-electron chi connectivity index (χ2n) is 6.09. The van der Waals surface area contributed by atoms with Crippen molar-refractivity contribution >= 4 is 11.9 Å². The van der Waals surface area contributed by atoms with Crippen molar-refractivity contribution < 1.29 is 23.6 Å². The molecule has 0 bridgehead atoms. The Kier molecular flexibility index (Phi) is 5.18. The summed E-state index contributed by atoms with van der Waals surface area (Å²) in [7, 11) is 0. The van der Waals surface area contributed by atoms with E-state index >= 15 is 0 Å². The number of carbonyl (C=O) groups is 2. The van der Waals surface area contributed by atoms with Crippen LogP contribution in [0.4, 0.5) is 0 Å². The third kappa shape index (κ3) is 4.55. The highest BCUT2D eigenvalue weighted by Gasteiger charge is 2.22. The van der Waals surface area contributed by atoms with Gasteiger partial charge in [0, 0.05) is 5.41 Å². The number of para-hydroxylation sites is 1. The molecule has 1 heterocycles. The van der Waals surface area contributed by atoms with Crippen LogP contribution in [-0.2, 0) is 21.6 Å². The number of nitrogens with two attached hydrogens (primary N) is 1. The summed E-state index contributed by atoms with van der Waals surface area (Å²) in [5.74, 6) is -0.339. The number of esters is 1. The van der Waals surface area contributed by atoms with E-state index in [1.807, 2.05) is 20.8 Å².